The monoisotopic (exact) mass is 660 g/mol. The van der Waals surface area contributed by atoms with Gasteiger partial charge in [0.25, 0.3) is 6.43 Å². The van der Waals surface area contributed by atoms with Crippen molar-refractivity contribution in [3.8, 4) is 11.1 Å². The van der Waals surface area contributed by atoms with Crippen molar-refractivity contribution < 1.29 is 28.2 Å². The Hall–Kier alpha value is -4.32. The number of carbonyl (C=O) groups excluding carboxylic acids is 1. The molecule has 48 heavy (non-hydrogen) atoms. The molecule has 10 nitrogen and oxygen atoms in total. The molecule has 3 aromatic heterocycles. The fraction of sp³-hybridized carbons (Fsp3) is 0.500. The third-order valence-electron chi connectivity index (χ3n) is 10.2. The van der Waals surface area contributed by atoms with Crippen LogP contribution in [-0.2, 0) is 33.7 Å². The predicted octanol–water partition coefficient (Wildman–Crippen LogP) is 6.85. The highest BCUT2D eigenvalue weighted by Gasteiger charge is 2.36. The van der Waals surface area contributed by atoms with Crippen LogP contribution in [0.15, 0.2) is 36.8 Å². The molecule has 0 saturated carbocycles. The number of aryl methyl sites for hydroxylation is 1. The lowest BCUT2D eigenvalue weighted by Gasteiger charge is -2.33. The minimum absolute atomic E-state index is 0.000611. The largest absolute Gasteiger partial charge is 0.480 e. The molecule has 3 aliphatic rings. The number of nitrogens with zero attached hydrogens (tertiary/aromatic N) is 6. The van der Waals surface area contributed by atoms with E-state index >= 15 is 8.78 Å². The van der Waals surface area contributed by atoms with Crippen molar-refractivity contribution in [1.82, 2.24) is 24.2 Å². The highest BCUT2D eigenvalue weighted by atomic mass is 19.3. The number of halogens is 2. The Morgan fingerprint density at radius 2 is 1.85 bits per heavy atom. The number of ether oxygens (including phenoxy) is 1. The number of fused-ring (bicyclic) bond motifs is 3. The first-order valence-electron chi connectivity index (χ1n) is 16.8. The van der Waals surface area contributed by atoms with Gasteiger partial charge in [0.2, 0.25) is 5.91 Å². The van der Waals surface area contributed by atoms with Gasteiger partial charge in [0.1, 0.15) is 6.04 Å². The Morgan fingerprint density at radius 3 is 2.54 bits per heavy atom. The quantitative estimate of drug-likeness (QED) is 0.241. The zero-order valence-electron chi connectivity index (χ0n) is 27.9. The van der Waals surface area contributed by atoms with E-state index in [2.05, 4.69) is 14.6 Å². The molecular formula is C36H42F2N6O4. The molecule has 4 aromatic rings. The summed E-state index contributed by atoms with van der Waals surface area (Å²) in [5, 5.41) is 16.1. The smallest absolute Gasteiger partial charge is 0.327 e. The minimum Gasteiger partial charge on any atom is -0.480 e. The average Bonchev–Trinajstić information content (AvgIpc) is 3.62. The molecular weight excluding hydrogens is 618 g/mol. The highest BCUT2D eigenvalue weighted by molar-refractivity contribution is 5.98. The zero-order chi connectivity index (χ0) is 33.9. The second kappa shape index (κ2) is 12.3. The lowest BCUT2D eigenvalue weighted by Crippen LogP contribution is -2.36. The predicted molar refractivity (Wildman–Crippen MR) is 178 cm³/mol. The van der Waals surface area contributed by atoms with E-state index in [1.54, 1.807) is 42.2 Å². The fourth-order valence-corrected chi connectivity index (χ4v) is 7.86. The van der Waals surface area contributed by atoms with Crippen LogP contribution in [0.2, 0.25) is 0 Å². The van der Waals surface area contributed by atoms with Crippen molar-refractivity contribution in [3.05, 3.63) is 59.2 Å². The van der Waals surface area contributed by atoms with Gasteiger partial charge in [0.15, 0.2) is 5.82 Å². The molecule has 0 aliphatic carbocycles. The molecule has 1 saturated heterocycles. The van der Waals surface area contributed by atoms with Crippen molar-refractivity contribution in [2.45, 2.75) is 84.9 Å². The van der Waals surface area contributed by atoms with Crippen molar-refractivity contribution >= 4 is 34.3 Å². The number of carbonyl (C=O) groups is 2. The SMILES string of the molecule is CC(=O)N1CCc2c(c(N3CCCc4cc(-c5cn(C(C(=O)O)C(C)(C)C)c6ccncc56)c(C(F)F)cc43)nn2C2CCOCC2)C1. The minimum atomic E-state index is -2.79. The molecule has 254 valence electrons. The lowest BCUT2D eigenvalue weighted by atomic mass is 9.86. The third kappa shape index (κ3) is 5.53. The van der Waals surface area contributed by atoms with Crippen molar-refractivity contribution in [2.75, 3.05) is 31.2 Å². The molecule has 0 bridgehead atoms. The first-order chi connectivity index (χ1) is 22.9. The van der Waals surface area contributed by atoms with Gasteiger partial charge in [-0.25, -0.2) is 13.6 Å². The molecule has 7 rings (SSSR count). The van der Waals surface area contributed by atoms with E-state index in [9.17, 15) is 14.7 Å². The van der Waals surface area contributed by atoms with Crippen LogP contribution < -0.4 is 4.90 Å². The van der Waals surface area contributed by atoms with E-state index < -0.39 is 23.9 Å². The Labute approximate surface area is 278 Å². The van der Waals surface area contributed by atoms with Crippen molar-refractivity contribution in [1.29, 1.82) is 0 Å². The number of carboxylic acid groups (broad SMARTS) is 1. The standard InChI is InChI=1S/C36H42F2N6O4/c1-21(45)41-13-8-30-28(19-41)34(40-44(30)23-9-14-48-15-10-23)42-12-5-6-22-16-24(25(33(37)38)17-31(22)42)27-20-43(29-7-11-39-18-26(27)29)32(35(46)47)36(2,3)4/h7,11,16-18,20,23,32-33H,5-6,8-10,12-15,19H2,1-4H3,(H,46,47). The molecule has 12 heteroatoms. The van der Waals surface area contributed by atoms with Crippen molar-refractivity contribution in [3.63, 3.8) is 0 Å². The highest BCUT2D eigenvalue weighted by Crippen LogP contribution is 2.46. The summed E-state index contributed by atoms with van der Waals surface area (Å²) in [6.45, 7) is 10.1. The number of hydrogen-bond donors (Lipinski definition) is 1. The van der Waals surface area contributed by atoms with Crippen LogP contribution in [-0.4, -0.2) is 67.5 Å². The number of hydrogen-bond acceptors (Lipinski definition) is 6. The molecule has 6 heterocycles. The molecule has 1 atom stereocenters. The average molecular weight is 661 g/mol. The molecule has 3 aliphatic heterocycles. The zero-order valence-corrected chi connectivity index (χ0v) is 27.9. The first-order valence-corrected chi connectivity index (χ1v) is 16.8. The van der Waals surface area contributed by atoms with Crippen molar-refractivity contribution in [2.24, 2.45) is 5.41 Å². The van der Waals surface area contributed by atoms with E-state index in [1.165, 1.54) is 0 Å². The number of carboxylic acids is 1. The van der Waals surface area contributed by atoms with E-state index in [0.29, 0.717) is 73.4 Å². The summed E-state index contributed by atoms with van der Waals surface area (Å²) >= 11 is 0. The summed E-state index contributed by atoms with van der Waals surface area (Å²) in [5.41, 5.74) is 4.46. The van der Waals surface area contributed by atoms with Crippen LogP contribution in [0.4, 0.5) is 20.3 Å². The number of aromatic nitrogens is 4. The normalized spacial score (nSPS) is 17.9. The molecule has 0 radical (unpaired) electrons. The molecule has 1 aromatic carbocycles. The van der Waals surface area contributed by atoms with Crippen LogP contribution in [0.1, 0.15) is 87.9 Å². The van der Waals surface area contributed by atoms with Crippen LogP contribution in [0.25, 0.3) is 22.0 Å². The maximum Gasteiger partial charge on any atom is 0.327 e. The number of benzene rings is 1. The van der Waals surface area contributed by atoms with E-state index in [4.69, 9.17) is 9.84 Å². The maximum absolute atomic E-state index is 15.1. The molecule has 1 fully saturated rings. The van der Waals surface area contributed by atoms with Gasteiger partial charge in [-0.2, -0.15) is 5.10 Å². The topological polar surface area (TPSA) is 106 Å². The van der Waals surface area contributed by atoms with Crippen LogP contribution >= 0.6 is 0 Å². The van der Waals surface area contributed by atoms with E-state index in [1.807, 2.05) is 31.7 Å². The fourth-order valence-electron chi connectivity index (χ4n) is 7.86. The molecule has 1 amide bonds. The van der Waals surface area contributed by atoms with Gasteiger partial charge in [0, 0.05) is 91.7 Å². The Kier molecular flexibility index (Phi) is 8.25. The third-order valence-corrected chi connectivity index (χ3v) is 10.2. The lowest BCUT2D eigenvalue weighted by molar-refractivity contribution is -0.144. The number of rotatable bonds is 6. The number of aliphatic carboxylic acids is 1. The van der Waals surface area contributed by atoms with Gasteiger partial charge >= 0.3 is 5.97 Å². The summed E-state index contributed by atoms with van der Waals surface area (Å²) in [5.74, 6) is -0.268. The Morgan fingerprint density at radius 1 is 1.08 bits per heavy atom. The van der Waals surface area contributed by atoms with Gasteiger partial charge in [0.05, 0.1) is 18.1 Å². The van der Waals surface area contributed by atoms with Gasteiger partial charge in [-0.3, -0.25) is 14.5 Å². The number of anilines is 2. The molecule has 1 N–H and O–H groups in total. The van der Waals surface area contributed by atoms with Crippen LogP contribution in [0, 0.1) is 5.41 Å². The first kappa shape index (κ1) is 32.2. The van der Waals surface area contributed by atoms with E-state index in [0.717, 1.165) is 41.9 Å². The van der Waals surface area contributed by atoms with E-state index in [-0.39, 0.29) is 17.5 Å². The van der Waals surface area contributed by atoms with Crippen LogP contribution in [0.5, 0.6) is 0 Å². The second-order valence-electron chi connectivity index (χ2n) is 14.3. The van der Waals surface area contributed by atoms with Gasteiger partial charge in [-0.1, -0.05) is 20.8 Å². The van der Waals surface area contributed by atoms with Gasteiger partial charge in [-0.05, 0) is 60.4 Å². The summed E-state index contributed by atoms with van der Waals surface area (Å²) in [4.78, 5) is 33.2. The Balaban J connectivity index is 1.38. The Bertz CT molecular complexity index is 1890. The summed E-state index contributed by atoms with van der Waals surface area (Å²) < 4.78 is 39.7. The summed E-state index contributed by atoms with van der Waals surface area (Å²) in [6, 6.07) is 4.45. The van der Waals surface area contributed by atoms with Crippen LogP contribution in [0.3, 0.4) is 0 Å². The van der Waals surface area contributed by atoms with Gasteiger partial charge in [-0.15, -0.1) is 0 Å². The molecule has 1 unspecified atom stereocenters. The second-order valence-corrected chi connectivity index (χ2v) is 14.3. The number of amides is 1. The number of pyridine rings is 1. The van der Waals surface area contributed by atoms with Gasteiger partial charge < -0.3 is 24.2 Å². The maximum atomic E-state index is 15.1. The number of alkyl halides is 2. The summed E-state index contributed by atoms with van der Waals surface area (Å²) in [7, 11) is 0. The summed E-state index contributed by atoms with van der Waals surface area (Å²) in [6.07, 6.45) is 6.00. The molecule has 0 spiro atoms.